The maximum Gasteiger partial charge on any atom is 0.249 e. The first-order valence-corrected chi connectivity index (χ1v) is 7.85. The maximum atomic E-state index is 12.8. The number of carbonyl (C=O) groups is 1. The average Bonchev–Trinajstić information content (AvgIpc) is 3.17. The number of rotatable bonds is 2. The van der Waals surface area contributed by atoms with Crippen molar-refractivity contribution < 1.29 is 4.79 Å². The average molecular weight is 287 g/mol. The monoisotopic (exact) mass is 287 g/mol. The minimum atomic E-state index is -0.0556. The van der Waals surface area contributed by atoms with Gasteiger partial charge in [-0.05, 0) is 31.6 Å². The number of nitrogens with zero attached hydrogens (tertiary/aromatic N) is 4. The molecular weight excluding hydrogens is 266 g/mol. The molecule has 1 atom stereocenters. The van der Waals surface area contributed by atoms with Crippen molar-refractivity contribution in [3.8, 4) is 0 Å². The van der Waals surface area contributed by atoms with Gasteiger partial charge < -0.3 is 15.5 Å². The van der Waals surface area contributed by atoms with E-state index in [1.807, 2.05) is 7.05 Å². The molecule has 0 spiro atoms. The minimum Gasteiger partial charge on any atom is -0.368 e. The summed E-state index contributed by atoms with van der Waals surface area (Å²) in [6, 6.07) is 0.362. The molecule has 1 aromatic rings. The fraction of sp³-hybridized carbons (Fsp3) is 0.667. The molecule has 3 aliphatic rings. The molecule has 6 nitrogen and oxygen atoms in total. The van der Waals surface area contributed by atoms with Crippen LogP contribution in [-0.2, 0) is 4.79 Å². The van der Waals surface area contributed by atoms with Crippen LogP contribution < -0.4 is 15.5 Å². The van der Waals surface area contributed by atoms with Crippen LogP contribution >= 0.6 is 0 Å². The van der Waals surface area contributed by atoms with Crippen LogP contribution in [0.5, 0.6) is 0 Å². The lowest BCUT2D eigenvalue weighted by molar-refractivity contribution is -0.120. The molecule has 4 rings (SSSR count). The van der Waals surface area contributed by atoms with E-state index >= 15 is 0 Å². The summed E-state index contributed by atoms with van der Waals surface area (Å²) in [5.41, 5.74) is 6.60. The summed E-state index contributed by atoms with van der Waals surface area (Å²) >= 11 is 0. The van der Waals surface area contributed by atoms with E-state index in [0.29, 0.717) is 12.0 Å². The van der Waals surface area contributed by atoms with E-state index in [1.165, 1.54) is 12.8 Å². The molecule has 0 aromatic carbocycles. The van der Waals surface area contributed by atoms with Gasteiger partial charge >= 0.3 is 0 Å². The van der Waals surface area contributed by atoms with Crippen LogP contribution in [0.4, 0.5) is 17.5 Å². The van der Waals surface area contributed by atoms with Gasteiger partial charge in [0, 0.05) is 13.1 Å². The van der Waals surface area contributed by atoms with Crippen LogP contribution in [-0.4, -0.2) is 35.0 Å². The van der Waals surface area contributed by atoms with Crippen LogP contribution in [0.15, 0.2) is 6.20 Å². The van der Waals surface area contributed by atoms with Crippen molar-refractivity contribution in [2.45, 2.75) is 50.6 Å². The third-order valence-corrected chi connectivity index (χ3v) is 5.04. The Labute approximate surface area is 124 Å². The Morgan fingerprint density at radius 3 is 2.62 bits per heavy atom. The summed E-state index contributed by atoms with van der Waals surface area (Å²) < 4.78 is 0. The summed E-state index contributed by atoms with van der Waals surface area (Å²) in [6.45, 7) is 0. The van der Waals surface area contributed by atoms with E-state index in [9.17, 15) is 4.79 Å². The maximum absolute atomic E-state index is 12.8. The van der Waals surface area contributed by atoms with Gasteiger partial charge in [-0.3, -0.25) is 4.79 Å². The van der Waals surface area contributed by atoms with Gasteiger partial charge in [0.1, 0.15) is 11.7 Å². The fourth-order valence-electron chi connectivity index (χ4n) is 3.80. The van der Waals surface area contributed by atoms with Crippen LogP contribution in [0.1, 0.15) is 38.5 Å². The summed E-state index contributed by atoms with van der Waals surface area (Å²) in [6.07, 6.45) is 8.72. The number of amides is 1. The lowest BCUT2D eigenvalue weighted by Gasteiger charge is -2.44. The molecule has 0 bridgehead atoms. The zero-order valence-electron chi connectivity index (χ0n) is 12.3. The molecular formula is C15H21N5O. The number of likely N-dealkylation sites (N-methyl/N-ethyl adjacent to an activating group) is 1. The number of aromatic nitrogens is 2. The highest BCUT2D eigenvalue weighted by atomic mass is 16.2. The van der Waals surface area contributed by atoms with E-state index in [0.717, 1.165) is 37.2 Å². The highest BCUT2D eigenvalue weighted by Crippen LogP contribution is 2.46. The van der Waals surface area contributed by atoms with E-state index < -0.39 is 0 Å². The Hall–Kier alpha value is -1.85. The van der Waals surface area contributed by atoms with Gasteiger partial charge in [-0.15, -0.1) is 0 Å². The molecule has 6 heteroatoms. The first-order valence-electron chi connectivity index (χ1n) is 7.85. The van der Waals surface area contributed by atoms with E-state index in [4.69, 9.17) is 5.73 Å². The van der Waals surface area contributed by atoms with Gasteiger partial charge in [-0.2, -0.15) is 4.98 Å². The van der Waals surface area contributed by atoms with Gasteiger partial charge in [-0.25, -0.2) is 4.98 Å². The predicted octanol–water partition coefficient (Wildman–Crippen LogP) is 1.56. The summed E-state index contributed by atoms with van der Waals surface area (Å²) in [4.78, 5) is 25.4. The van der Waals surface area contributed by atoms with Gasteiger partial charge in [-0.1, -0.05) is 12.8 Å². The molecule has 2 N–H and O–H groups in total. The standard InChI is InChI=1S/C15H21N5O/c1-19-11-8-17-15(16)18-13(11)20(10-4-2-3-5-10)12(14(19)21)9-6-7-9/h8-10,12H,2-7H2,1H3,(H2,16,17,18)/t12-/m1/s1. The van der Waals surface area contributed by atoms with Gasteiger partial charge in [0.15, 0.2) is 5.82 Å². The second-order valence-electron chi connectivity index (χ2n) is 6.46. The van der Waals surface area contributed by atoms with Gasteiger partial charge in [0.05, 0.1) is 6.20 Å². The van der Waals surface area contributed by atoms with Crippen molar-refractivity contribution in [2.75, 3.05) is 22.6 Å². The lowest BCUT2D eigenvalue weighted by Crippen LogP contribution is -2.57. The quantitative estimate of drug-likeness (QED) is 0.893. The van der Waals surface area contributed by atoms with Crippen molar-refractivity contribution in [1.29, 1.82) is 0 Å². The zero-order valence-corrected chi connectivity index (χ0v) is 12.3. The first kappa shape index (κ1) is 12.9. The van der Waals surface area contributed by atoms with Crippen molar-refractivity contribution in [3.63, 3.8) is 0 Å². The first-order chi connectivity index (χ1) is 10.2. The SMILES string of the molecule is CN1C(=O)[C@@H](C2CC2)N(C2CCCC2)c2nc(N)ncc21. The Balaban J connectivity index is 1.83. The molecule has 21 heavy (non-hydrogen) atoms. The highest BCUT2D eigenvalue weighted by Gasteiger charge is 2.48. The minimum absolute atomic E-state index is 0.0556. The Morgan fingerprint density at radius 2 is 1.95 bits per heavy atom. The molecule has 0 saturated heterocycles. The molecule has 1 amide bonds. The third-order valence-electron chi connectivity index (χ3n) is 5.04. The second-order valence-corrected chi connectivity index (χ2v) is 6.46. The molecule has 1 aliphatic heterocycles. The van der Waals surface area contributed by atoms with Crippen molar-refractivity contribution in [3.05, 3.63) is 6.20 Å². The lowest BCUT2D eigenvalue weighted by atomic mass is 10.0. The van der Waals surface area contributed by atoms with Crippen LogP contribution in [0.25, 0.3) is 0 Å². The second kappa shape index (κ2) is 4.58. The largest absolute Gasteiger partial charge is 0.368 e. The number of fused-ring (bicyclic) bond motifs is 1. The van der Waals surface area contributed by atoms with Crippen molar-refractivity contribution >= 4 is 23.4 Å². The Morgan fingerprint density at radius 1 is 1.24 bits per heavy atom. The number of nitrogen functional groups attached to an aromatic ring is 1. The predicted molar refractivity (Wildman–Crippen MR) is 81.1 cm³/mol. The zero-order chi connectivity index (χ0) is 14.6. The number of carbonyl (C=O) groups excluding carboxylic acids is 1. The summed E-state index contributed by atoms with van der Waals surface area (Å²) in [5, 5.41) is 0. The van der Waals surface area contributed by atoms with Crippen LogP contribution in [0.3, 0.4) is 0 Å². The summed E-state index contributed by atoms with van der Waals surface area (Å²) in [7, 11) is 1.82. The Kier molecular flexibility index (Phi) is 2.80. The van der Waals surface area contributed by atoms with E-state index in [2.05, 4.69) is 14.9 Å². The number of hydrogen-bond donors (Lipinski definition) is 1. The van der Waals surface area contributed by atoms with Gasteiger partial charge in [0.2, 0.25) is 11.9 Å². The molecule has 2 heterocycles. The summed E-state index contributed by atoms with van der Waals surface area (Å²) in [5.74, 6) is 1.80. The molecule has 2 aliphatic carbocycles. The topological polar surface area (TPSA) is 75.4 Å². The van der Waals surface area contributed by atoms with Gasteiger partial charge in [0.25, 0.3) is 0 Å². The molecule has 0 unspecified atom stereocenters. The van der Waals surface area contributed by atoms with Crippen LogP contribution in [0.2, 0.25) is 0 Å². The smallest absolute Gasteiger partial charge is 0.249 e. The molecule has 2 fully saturated rings. The number of hydrogen-bond acceptors (Lipinski definition) is 5. The van der Waals surface area contributed by atoms with Crippen molar-refractivity contribution in [1.82, 2.24) is 9.97 Å². The van der Waals surface area contributed by atoms with Crippen LogP contribution in [0, 0.1) is 5.92 Å². The third kappa shape index (κ3) is 1.96. The number of anilines is 3. The van der Waals surface area contributed by atoms with Crippen molar-refractivity contribution in [2.24, 2.45) is 5.92 Å². The molecule has 2 saturated carbocycles. The number of nitrogens with two attached hydrogens (primary N) is 1. The van der Waals surface area contributed by atoms with E-state index in [1.54, 1.807) is 11.1 Å². The molecule has 1 aromatic heterocycles. The Bertz CT molecular complexity index is 579. The molecule has 0 radical (unpaired) electrons. The fourth-order valence-corrected chi connectivity index (χ4v) is 3.80. The normalized spacial score (nSPS) is 26.3. The molecule has 112 valence electrons. The highest BCUT2D eigenvalue weighted by molar-refractivity contribution is 6.04. The van der Waals surface area contributed by atoms with E-state index in [-0.39, 0.29) is 17.9 Å².